The van der Waals surface area contributed by atoms with Gasteiger partial charge in [-0.3, -0.25) is 9.98 Å². The van der Waals surface area contributed by atoms with Crippen LogP contribution >= 0.6 is 0 Å². The fourth-order valence-electron chi connectivity index (χ4n) is 2.98. The fourth-order valence-corrected chi connectivity index (χ4v) is 2.98. The molecule has 1 aliphatic carbocycles. The normalized spacial score (nSPS) is 20.6. The number of benzene rings is 2. The van der Waals surface area contributed by atoms with Gasteiger partial charge in [-0.1, -0.05) is 37.1 Å². The molecule has 0 aromatic heterocycles. The molecule has 2 aromatic rings. The molecule has 4 nitrogen and oxygen atoms in total. The first-order valence-corrected chi connectivity index (χ1v) is 8.36. The van der Waals surface area contributed by atoms with Gasteiger partial charge in [-0.15, -0.1) is 0 Å². The quantitative estimate of drug-likeness (QED) is 0.788. The molecule has 0 aliphatic heterocycles. The van der Waals surface area contributed by atoms with Gasteiger partial charge in [-0.05, 0) is 37.1 Å². The minimum absolute atomic E-state index is 0. The van der Waals surface area contributed by atoms with E-state index >= 15 is 0 Å². The van der Waals surface area contributed by atoms with E-state index in [1.54, 1.807) is 36.7 Å². The number of hydrogen-bond donors (Lipinski definition) is 2. The molecule has 2 unspecified atom stereocenters. The molecule has 25 heavy (non-hydrogen) atoms. The van der Waals surface area contributed by atoms with Crippen molar-refractivity contribution in [2.45, 2.75) is 37.8 Å². The third-order valence-corrected chi connectivity index (χ3v) is 4.38. The van der Waals surface area contributed by atoms with Crippen molar-refractivity contribution < 1.29 is 27.0 Å². The molecule has 0 spiro atoms. The van der Waals surface area contributed by atoms with Crippen LogP contribution in [0.3, 0.4) is 0 Å². The summed E-state index contributed by atoms with van der Waals surface area (Å²) < 4.78 is 0. The summed E-state index contributed by atoms with van der Waals surface area (Å²) >= 11 is 0. The Morgan fingerprint density at radius 2 is 1.12 bits per heavy atom. The van der Waals surface area contributed by atoms with Crippen LogP contribution in [0.1, 0.15) is 36.8 Å². The van der Waals surface area contributed by atoms with E-state index in [0.29, 0.717) is 0 Å². The number of phenols is 2. The molecule has 0 saturated heterocycles. The number of rotatable bonds is 4. The maximum Gasteiger partial charge on any atom is 0.124 e. The Bertz CT molecular complexity index is 682. The van der Waals surface area contributed by atoms with E-state index < -0.39 is 0 Å². The summed E-state index contributed by atoms with van der Waals surface area (Å²) in [5, 5.41) is 19.7. The van der Waals surface area contributed by atoms with Crippen LogP contribution in [0.5, 0.6) is 11.5 Å². The molecule has 0 heterocycles. The van der Waals surface area contributed by atoms with Crippen molar-refractivity contribution in [1.82, 2.24) is 0 Å². The van der Waals surface area contributed by atoms with Gasteiger partial charge >= 0.3 is 0 Å². The van der Waals surface area contributed by atoms with Crippen LogP contribution in [0, 0.1) is 0 Å². The predicted octanol–water partition coefficient (Wildman–Crippen LogP) is 3.94. The van der Waals surface area contributed by atoms with E-state index in [0.717, 1.165) is 36.8 Å². The second-order valence-electron chi connectivity index (χ2n) is 6.09. The van der Waals surface area contributed by atoms with Crippen molar-refractivity contribution in [2.24, 2.45) is 9.98 Å². The molecule has 0 amide bonds. The van der Waals surface area contributed by atoms with Gasteiger partial charge in [0.2, 0.25) is 0 Å². The van der Waals surface area contributed by atoms with Gasteiger partial charge in [-0.25, -0.2) is 0 Å². The zero-order chi connectivity index (χ0) is 16.8. The Labute approximate surface area is 158 Å². The Hall–Kier alpha value is -2.11. The van der Waals surface area contributed by atoms with Gasteiger partial charge in [-0.2, -0.15) is 0 Å². The molecule has 2 N–H and O–H groups in total. The first kappa shape index (κ1) is 19.2. The minimum atomic E-state index is 0. The Kier molecular flexibility index (Phi) is 7.22. The van der Waals surface area contributed by atoms with E-state index in [4.69, 9.17) is 0 Å². The summed E-state index contributed by atoms with van der Waals surface area (Å²) in [6.07, 6.45) is 7.76. The van der Waals surface area contributed by atoms with Crippen LogP contribution in [-0.2, 0) is 16.8 Å². The predicted molar refractivity (Wildman–Crippen MR) is 97.4 cm³/mol. The topological polar surface area (TPSA) is 65.2 Å². The van der Waals surface area contributed by atoms with Gasteiger partial charge in [0, 0.05) is 40.3 Å². The second kappa shape index (κ2) is 9.39. The summed E-state index contributed by atoms with van der Waals surface area (Å²) in [5.41, 5.74) is 1.46. The van der Waals surface area contributed by atoms with Crippen LogP contribution in [-0.4, -0.2) is 34.7 Å². The first-order valence-electron chi connectivity index (χ1n) is 8.36. The fraction of sp³-hybridized carbons (Fsp3) is 0.300. The molecule has 1 fully saturated rings. The third kappa shape index (κ3) is 5.18. The average molecular weight is 381 g/mol. The van der Waals surface area contributed by atoms with Crippen LogP contribution in [0.25, 0.3) is 0 Å². The van der Waals surface area contributed by atoms with Crippen LogP contribution in [0.2, 0.25) is 0 Å². The van der Waals surface area contributed by atoms with Crippen molar-refractivity contribution in [3.8, 4) is 11.5 Å². The molecule has 0 bridgehead atoms. The summed E-state index contributed by atoms with van der Waals surface area (Å²) in [6, 6.07) is 14.6. The maximum absolute atomic E-state index is 9.84. The second-order valence-corrected chi connectivity index (χ2v) is 6.09. The van der Waals surface area contributed by atoms with Crippen molar-refractivity contribution in [1.29, 1.82) is 0 Å². The monoisotopic (exact) mass is 381 g/mol. The molecule has 3 rings (SSSR count). The van der Waals surface area contributed by atoms with Gasteiger partial charge in [0.1, 0.15) is 11.5 Å². The smallest absolute Gasteiger partial charge is 0.124 e. The van der Waals surface area contributed by atoms with Gasteiger partial charge in [0.25, 0.3) is 0 Å². The summed E-state index contributed by atoms with van der Waals surface area (Å²) in [6.45, 7) is 0. The van der Waals surface area contributed by atoms with Crippen molar-refractivity contribution in [2.75, 3.05) is 0 Å². The molecule has 2 aromatic carbocycles. The maximum atomic E-state index is 9.84. The zero-order valence-electron chi connectivity index (χ0n) is 13.9. The van der Waals surface area contributed by atoms with E-state index in [-0.39, 0.29) is 40.4 Å². The van der Waals surface area contributed by atoms with E-state index in [1.165, 1.54) is 0 Å². The Balaban J connectivity index is 0.00000225. The van der Waals surface area contributed by atoms with Gasteiger partial charge in [0.05, 0.1) is 12.1 Å². The van der Waals surface area contributed by atoms with Crippen LogP contribution in [0.4, 0.5) is 0 Å². The number of hydrogen-bond acceptors (Lipinski definition) is 4. The van der Waals surface area contributed by atoms with E-state index in [9.17, 15) is 10.2 Å². The molecule has 133 valence electrons. The number of nitrogens with zero attached hydrogens (tertiary/aromatic N) is 2. The molecule has 1 aliphatic rings. The van der Waals surface area contributed by atoms with Gasteiger partial charge < -0.3 is 10.2 Å². The Morgan fingerprint density at radius 1 is 0.720 bits per heavy atom. The molecule has 1 saturated carbocycles. The molecule has 1 radical (unpaired) electrons. The largest absolute Gasteiger partial charge is 0.507 e. The molecule has 5 heteroatoms. The Morgan fingerprint density at radius 3 is 1.52 bits per heavy atom. The summed E-state index contributed by atoms with van der Waals surface area (Å²) in [4.78, 5) is 9.34. The molecular weight excluding hydrogens is 359 g/mol. The van der Waals surface area contributed by atoms with E-state index in [2.05, 4.69) is 9.98 Å². The van der Waals surface area contributed by atoms with Gasteiger partial charge in [0.15, 0.2) is 0 Å². The van der Waals surface area contributed by atoms with Crippen molar-refractivity contribution >= 4 is 12.4 Å². The average Bonchev–Trinajstić information content (AvgIpc) is 2.61. The number of aromatic hydroxyl groups is 2. The molecule has 2 atom stereocenters. The molecular formula is C20H22CoN2O2. The number of para-hydroxylation sites is 2. The SMILES string of the molecule is Oc1ccccc1C=NC1CCCCC1N=Cc1ccccc1O.[Co]. The number of phenolic OH excluding ortho intramolecular Hbond substituents is 2. The van der Waals surface area contributed by atoms with Crippen molar-refractivity contribution in [3.63, 3.8) is 0 Å². The summed E-state index contributed by atoms with van der Waals surface area (Å²) in [5.74, 6) is 0.484. The van der Waals surface area contributed by atoms with Crippen LogP contribution in [0.15, 0.2) is 58.5 Å². The number of aliphatic imine (C=N–C) groups is 2. The minimum Gasteiger partial charge on any atom is -0.507 e. The van der Waals surface area contributed by atoms with E-state index in [1.807, 2.05) is 24.3 Å². The summed E-state index contributed by atoms with van der Waals surface area (Å²) in [7, 11) is 0. The van der Waals surface area contributed by atoms with Crippen molar-refractivity contribution in [3.05, 3.63) is 59.7 Å². The zero-order valence-corrected chi connectivity index (χ0v) is 14.9. The standard InChI is InChI=1S/C20H22N2O2.Co/c23-19-11-5-1-7-15(19)13-21-17-9-3-4-10-18(17)22-14-16-8-2-6-12-20(16)24;/h1-2,5-8,11-14,17-18,23-24H,3-4,9-10H2;. The van der Waals surface area contributed by atoms with Crippen LogP contribution < -0.4 is 0 Å². The first-order chi connectivity index (χ1) is 11.7. The third-order valence-electron chi connectivity index (χ3n) is 4.38.